The standard InChI is InChI=1S/C68H50/c1-67(2)63-39-55(49-19-15-46(16-20-49)45-13-17-47(18-14-45)53-27-25-43-9-5-7-11-51(43)37-53)29-33-59(63)61-35-31-57(41-65(61)67)58-32-36-62-60-34-30-56(40-64(60)68(3,4)66(62)42-58)50-23-21-48(22-24-50)54-28-26-44-10-6-8-12-52(44)38-54/h5-42H,1-4H3. The van der Waals surface area contributed by atoms with Gasteiger partial charge in [0.15, 0.2) is 0 Å². The molecule has 0 nitrogen and oxygen atoms in total. The third-order valence-electron chi connectivity index (χ3n) is 15.5. The highest BCUT2D eigenvalue weighted by Gasteiger charge is 2.38. The molecule has 0 saturated carbocycles. The van der Waals surface area contributed by atoms with Crippen LogP contribution < -0.4 is 0 Å². The number of rotatable bonds is 6. The zero-order chi connectivity index (χ0) is 45.7. The van der Waals surface area contributed by atoms with Gasteiger partial charge in [-0.2, -0.15) is 0 Å². The Morgan fingerprint density at radius 1 is 0.191 bits per heavy atom. The van der Waals surface area contributed by atoms with E-state index in [-0.39, 0.29) is 10.8 Å². The lowest BCUT2D eigenvalue weighted by Crippen LogP contribution is -2.15. The van der Waals surface area contributed by atoms with E-state index in [4.69, 9.17) is 0 Å². The van der Waals surface area contributed by atoms with Gasteiger partial charge in [0.2, 0.25) is 0 Å². The molecule has 322 valence electrons. The molecule has 11 aromatic carbocycles. The van der Waals surface area contributed by atoms with E-state index < -0.39 is 0 Å². The smallest absolute Gasteiger partial charge is 0.0159 e. The number of benzene rings is 11. The van der Waals surface area contributed by atoms with Gasteiger partial charge in [0.25, 0.3) is 0 Å². The first-order valence-electron chi connectivity index (χ1n) is 24.0. The summed E-state index contributed by atoms with van der Waals surface area (Å²) in [6.45, 7) is 9.58. The van der Waals surface area contributed by atoms with Crippen LogP contribution in [0.25, 0.3) is 111 Å². The van der Waals surface area contributed by atoms with E-state index in [2.05, 4.69) is 258 Å². The van der Waals surface area contributed by atoms with Crippen molar-refractivity contribution in [2.75, 3.05) is 0 Å². The second kappa shape index (κ2) is 15.2. The molecule has 0 amide bonds. The summed E-state index contributed by atoms with van der Waals surface area (Å²) in [5.74, 6) is 0. The van der Waals surface area contributed by atoms with E-state index in [9.17, 15) is 0 Å². The third-order valence-corrected chi connectivity index (χ3v) is 15.5. The molecular formula is C68H50. The lowest BCUT2D eigenvalue weighted by molar-refractivity contribution is 0.660. The second-order valence-electron chi connectivity index (χ2n) is 20.1. The first-order valence-corrected chi connectivity index (χ1v) is 24.0. The summed E-state index contributed by atoms with van der Waals surface area (Å²) < 4.78 is 0. The predicted octanol–water partition coefficient (Wildman–Crippen LogP) is 18.6. The molecule has 0 bridgehead atoms. The summed E-state index contributed by atoms with van der Waals surface area (Å²) in [4.78, 5) is 0. The Kier molecular flexibility index (Phi) is 9.02. The maximum absolute atomic E-state index is 2.46. The molecule has 0 spiro atoms. The van der Waals surface area contributed by atoms with E-state index >= 15 is 0 Å². The van der Waals surface area contributed by atoms with Crippen molar-refractivity contribution in [3.8, 4) is 89.0 Å². The van der Waals surface area contributed by atoms with E-state index in [1.807, 2.05) is 0 Å². The second-order valence-corrected chi connectivity index (χ2v) is 20.1. The van der Waals surface area contributed by atoms with Gasteiger partial charge in [-0.15, -0.1) is 0 Å². The highest BCUT2D eigenvalue weighted by molar-refractivity contribution is 5.91. The normalized spacial score (nSPS) is 13.8. The van der Waals surface area contributed by atoms with Crippen molar-refractivity contribution < 1.29 is 0 Å². The van der Waals surface area contributed by atoms with Gasteiger partial charge < -0.3 is 0 Å². The Balaban J connectivity index is 0.740. The molecule has 0 unspecified atom stereocenters. The van der Waals surface area contributed by atoms with Crippen LogP contribution in [0.5, 0.6) is 0 Å². The minimum atomic E-state index is -0.139. The summed E-state index contributed by atoms with van der Waals surface area (Å²) >= 11 is 0. The minimum absolute atomic E-state index is 0.133. The molecule has 11 aromatic rings. The zero-order valence-corrected chi connectivity index (χ0v) is 38.9. The summed E-state index contributed by atoms with van der Waals surface area (Å²) in [5.41, 5.74) is 25.6. The van der Waals surface area contributed by atoms with Crippen LogP contribution >= 0.6 is 0 Å². The van der Waals surface area contributed by atoms with E-state index in [1.165, 1.54) is 133 Å². The fourth-order valence-corrected chi connectivity index (χ4v) is 11.5. The highest BCUT2D eigenvalue weighted by Crippen LogP contribution is 2.53. The van der Waals surface area contributed by atoms with Crippen molar-refractivity contribution in [1.29, 1.82) is 0 Å². The third kappa shape index (κ3) is 6.50. The van der Waals surface area contributed by atoms with Crippen molar-refractivity contribution in [2.24, 2.45) is 0 Å². The van der Waals surface area contributed by atoms with Gasteiger partial charge in [-0.05, 0) is 169 Å². The van der Waals surface area contributed by atoms with Crippen LogP contribution in [0, 0.1) is 0 Å². The van der Waals surface area contributed by atoms with Crippen molar-refractivity contribution in [1.82, 2.24) is 0 Å². The first-order chi connectivity index (χ1) is 33.2. The molecule has 0 aliphatic heterocycles. The molecule has 0 saturated heterocycles. The van der Waals surface area contributed by atoms with Gasteiger partial charge in [0.1, 0.15) is 0 Å². The molecule has 2 aliphatic carbocycles. The monoisotopic (exact) mass is 866 g/mol. The summed E-state index contributed by atoms with van der Waals surface area (Å²) in [6.07, 6.45) is 0. The lowest BCUT2D eigenvalue weighted by atomic mass is 9.79. The van der Waals surface area contributed by atoms with E-state index in [0.29, 0.717) is 0 Å². The van der Waals surface area contributed by atoms with Crippen molar-refractivity contribution in [3.05, 3.63) is 253 Å². The number of fused-ring (bicyclic) bond motifs is 8. The Hall–Kier alpha value is -8.06. The molecular weight excluding hydrogens is 817 g/mol. The maximum Gasteiger partial charge on any atom is 0.0159 e. The van der Waals surface area contributed by atoms with E-state index in [1.54, 1.807) is 0 Å². The minimum Gasteiger partial charge on any atom is -0.0616 e. The summed E-state index contributed by atoms with van der Waals surface area (Å²) in [6, 6.07) is 86.2. The Bertz CT molecular complexity index is 3800. The van der Waals surface area contributed by atoms with Gasteiger partial charge >= 0.3 is 0 Å². The average Bonchev–Trinajstić information content (AvgIpc) is 3.76. The summed E-state index contributed by atoms with van der Waals surface area (Å²) in [5, 5.41) is 5.08. The quantitative estimate of drug-likeness (QED) is 0.156. The predicted molar refractivity (Wildman–Crippen MR) is 289 cm³/mol. The molecule has 0 radical (unpaired) electrons. The van der Waals surface area contributed by atoms with Gasteiger partial charge in [0.05, 0.1) is 0 Å². The fraction of sp³-hybridized carbons (Fsp3) is 0.0882. The summed E-state index contributed by atoms with van der Waals surface area (Å²) in [7, 11) is 0. The number of hydrogen-bond donors (Lipinski definition) is 0. The van der Waals surface area contributed by atoms with Crippen LogP contribution in [0.3, 0.4) is 0 Å². The zero-order valence-electron chi connectivity index (χ0n) is 38.9. The molecule has 2 aliphatic rings. The molecule has 0 atom stereocenters. The molecule has 0 heterocycles. The largest absolute Gasteiger partial charge is 0.0616 e. The molecule has 13 rings (SSSR count). The van der Waals surface area contributed by atoms with Crippen LogP contribution in [0.15, 0.2) is 231 Å². The van der Waals surface area contributed by atoms with Crippen LogP contribution in [-0.4, -0.2) is 0 Å². The lowest BCUT2D eigenvalue weighted by Gasteiger charge is -2.24. The SMILES string of the molecule is CC1(C)c2cc(-c3ccc(-c4ccc(-c5ccc6ccccc6c5)cc4)cc3)ccc2-c2ccc(-c3ccc4c(c3)C(C)(C)c3cc(-c5ccc(-c6ccc7ccccc7c6)cc5)ccc3-4)cc21. The molecule has 0 heteroatoms. The molecule has 0 fully saturated rings. The van der Waals surface area contributed by atoms with Crippen molar-refractivity contribution >= 4 is 21.5 Å². The first kappa shape index (κ1) is 40.2. The van der Waals surface area contributed by atoms with Gasteiger partial charge in [-0.3, -0.25) is 0 Å². The molecule has 0 N–H and O–H groups in total. The topological polar surface area (TPSA) is 0 Å². The highest BCUT2D eigenvalue weighted by atomic mass is 14.4. The Labute approximate surface area is 399 Å². The van der Waals surface area contributed by atoms with Crippen LogP contribution in [0.4, 0.5) is 0 Å². The maximum atomic E-state index is 2.46. The van der Waals surface area contributed by atoms with Crippen molar-refractivity contribution in [2.45, 2.75) is 38.5 Å². The van der Waals surface area contributed by atoms with Crippen molar-refractivity contribution in [3.63, 3.8) is 0 Å². The van der Waals surface area contributed by atoms with Crippen LogP contribution in [0.1, 0.15) is 49.9 Å². The van der Waals surface area contributed by atoms with Gasteiger partial charge in [0, 0.05) is 10.8 Å². The van der Waals surface area contributed by atoms with Gasteiger partial charge in [-0.1, -0.05) is 222 Å². The van der Waals surface area contributed by atoms with Crippen LogP contribution in [-0.2, 0) is 10.8 Å². The van der Waals surface area contributed by atoms with Crippen LogP contribution in [0.2, 0.25) is 0 Å². The molecule has 68 heavy (non-hydrogen) atoms. The fourth-order valence-electron chi connectivity index (χ4n) is 11.5. The number of hydrogen-bond acceptors (Lipinski definition) is 0. The Morgan fingerprint density at radius 2 is 0.397 bits per heavy atom. The Morgan fingerprint density at radius 3 is 0.691 bits per heavy atom. The van der Waals surface area contributed by atoms with E-state index in [0.717, 1.165) is 0 Å². The molecule has 0 aromatic heterocycles. The average molecular weight is 867 g/mol. The van der Waals surface area contributed by atoms with Gasteiger partial charge in [-0.25, -0.2) is 0 Å².